The Balaban J connectivity index is 1.87. The quantitative estimate of drug-likeness (QED) is 0.877. The Bertz CT molecular complexity index is 741. The minimum absolute atomic E-state index is 0.0418. The van der Waals surface area contributed by atoms with Crippen LogP contribution in [0.4, 0.5) is 0 Å². The first-order chi connectivity index (χ1) is 12.0. The number of carbonyl (C=O) groups is 1. The Morgan fingerprint density at radius 3 is 2.56 bits per heavy atom. The van der Waals surface area contributed by atoms with Gasteiger partial charge in [0.15, 0.2) is 0 Å². The zero-order valence-electron chi connectivity index (χ0n) is 13.9. The SMILES string of the molecule is O=C(C[C@@H](c1cccc(O)c1)c1ccccc1Cl)N1CCC(O)CC1. The van der Waals surface area contributed by atoms with Crippen LogP contribution in [0.5, 0.6) is 5.75 Å². The van der Waals surface area contributed by atoms with Gasteiger partial charge in [0.1, 0.15) is 5.75 Å². The number of piperidine rings is 1. The Hall–Kier alpha value is -2.04. The molecule has 1 aliphatic heterocycles. The summed E-state index contributed by atoms with van der Waals surface area (Å²) in [6.45, 7) is 1.16. The molecule has 2 aromatic carbocycles. The smallest absolute Gasteiger partial charge is 0.223 e. The molecule has 1 amide bonds. The molecule has 1 fully saturated rings. The van der Waals surface area contributed by atoms with Gasteiger partial charge >= 0.3 is 0 Å². The van der Waals surface area contributed by atoms with E-state index in [1.165, 1.54) is 0 Å². The number of carbonyl (C=O) groups excluding carboxylic acids is 1. The van der Waals surface area contributed by atoms with Gasteiger partial charge in [-0.1, -0.05) is 41.9 Å². The number of amides is 1. The van der Waals surface area contributed by atoms with E-state index >= 15 is 0 Å². The third-order valence-corrected chi connectivity index (χ3v) is 5.09. The Kier molecular flexibility index (Phi) is 5.61. The second kappa shape index (κ2) is 7.89. The van der Waals surface area contributed by atoms with Gasteiger partial charge in [0.25, 0.3) is 0 Å². The molecule has 0 bridgehead atoms. The largest absolute Gasteiger partial charge is 0.508 e. The third-order valence-electron chi connectivity index (χ3n) is 4.75. The summed E-state index contributed by atoms with van der Waals surface area (Å²) in [6.07, 6.45) is 1.21. The van der Waals surface area contributed by atoms with Crippen molar-refractivity contribution in [2.75, 3.05) is 13.1 Å². The highest BCUT2D eigenvalue weighted by Gasteiger charge is 2.26. The lowest BCUT2D eigenvalue weighted by Gasteiger charge is -2.31. The lowest BCUT2D eigenvalue weighted by atomic mass is 9.87. The molecule has 3 rings (SSSR count). The number of phenols is 1. The Morgan fingerprint density at radius 1 is 1.16 bits per heavy atom. The van der Waals surface area contributed by atoms with E-state index in [0.29, 0.717) is 31.0 Å². The van der Waals surface area contributed by atoms with Crippen LogP contribution in [0.1, 0.15) is 36.3 Å². The molecule has 25 heavy (non-hydrogen) atoms. The summed E-state index contributed by atoms with van der Waals surface area (Å²) in [6, 6.07) is 14.5. The van der Waals surface area contributed by atoms with E-state index in [1.807, 2.05) is 30.3 Å². The third kappa shape index (κ3) is 4.33. The molecule has 0 radical (unpaired) electrons. The topological polar surface area (TPSA) is 60.8 Å². The van der Waals surface area contributed by atoms with Crippen LogP contribution < -0.4 is 0 Å². The predicted octanol–water partition coefficient (Wildman–Crippen LogP) is 3.55. The van der Waals surface area contributed by atoms with E-state index in [-0.39, 0.29) is 30.1 Å². The number of benzene rings is 2. The molecular weight excluding hydrogens is 338 g/mol. The van der Waals surface area contributed by atoms with E-state index in [0.717, 1.165) is 11.1 Å². The van der Waals surface area contributed by atoms with Crippen LogP contribution in [0.25, 0.3) is 0 Å². The van der Waals surface area contributed by atoms with Gasteiger partial charge in [0.05, 0.1) is 6.10 Å². The first-order valence-corrected chi connectivity index (χ1v) is 8.91. The van der Waals surface area contributed by atoms with E-state index in [9.17, 15) is 15.0 Å². The maximum absolute atomic E-state index is 12.8. The first kappa shape index (κ1) is 17.8. The molecule has 5 heteroatoms. The number of nitrogens with zero attached hydrogens (tertiary/aromatic N) is 1. The predicted molar refractivity (Wildman–Crippen MR) is 97.8 cm³/mol. The van der Waals surface area contributed by atoms with Crippen molar-refractivity contribution < 1.29 is 15.0 Å². The van der Waals surface area contributed by atoms with E-state index in [1.54, 1.807) is 23.1 Å². The van der Waals surface area contributed by atoms with Gasteiger partial charge in [-0.25, -0.2) is 0 Å². The average Bonchev–Trinajstić information content (AvgIpc) is 2.61. The molecule has 1 heterocycles. The van der Waals surface area contributed by atoms with E-state index in [4.69, 9.17) is 11.6 Å². The van der Waals surface area contributed by atoms with E-state index < -0.39 is 0 Å². The van der Waals surface area contributed by atoms with Crippen LogP contribution in [0.3, 0.4) is 0 Å². The van der Waals surface area contributed by atoms with Crippen LogP contribution in [0.2, 0.25) is 5.02 Å². The highest BCUT2D eigenvalue weighted by molar-refractivity contribution is 6.31. The highest BCUT2D eigenvalue weighted by Crippen LogP contribution is 2.34. The summed E-state index contributed by atoms with van der Waals surface area (Å²) in [4.78, 5) is 14.6. The fourth-order valence-electron chi connectivity index (χ4n) is 3.33. The van der Waals surface area contributed by atoms with Crippen LogP contribution in [-0.4, -0.2) is 40.2 Å². The summed E-state index contributed by atoms with van der Waals surface area (Å²) >= 11 is 6.38. The van der Waals surface area contributed by atoms with Crippen molar-refractivity contribution in [3.8, 4) is 5.75 Å². The number of hydrogen-bond acceptors (Lipinski definition) is 3. The summed E-state index contributed by atoms with van der Waals surface area (Å²) in [5, 5.41) is 20.1. The Labute approximate surface area is 152 Å². The zero-order valence-corrected chi connectivity index (χ0v) is 14.7. The maximum atomic E-state index is 12.8. The second-order valence-electron chi connectivity index (χ2n) is 6.49. The molecule has 4 nitrogen and oxygen atoms in total. The minimum Gasteiger partial charge on any atom is -0.508 e. The molecule has 1 saturated heterocycles. The summed E-state index contributed by atoms with van der Waals surface area (Å²) < 4.78 is 0. The molecule has 1 aliphatic rings. The van der Waals surface area contributed by atoms with Crippen molar-refractivity contribution in [2.45, 2.75) is 31.3 Å². The lowest BCUT2D eigenvalue weighted by Crippen LogP contribution is -2.40. The molecule has 0 aliphatic carbocycles. The monoisotopic (exact) mass is 359 g/mol. The fraction of sp³-hybridized carbons (Fsp3) is 0.350. The van der Waals surface area contributed by atoms with Crippen LogP contribution >= 0.6 is 11.6 Å². The van der Waals surface area contributed by atoms with Crippen molar-refractivity contribution >= 4 is 17.5 Å². The molecular formula is C20H22ClNO3. The van der Waals surface area contributed by atoms with Crippen LogP contribution in [0.15, 0.2) is 48.5 Å². The number of phenolic OH excluding ortho intramolecular Hbond substituents is 1. The average molecular weight is 360 g/mol. The highest BCUT2D eigenvalue weighted by atomic mass is 35.5. The minimum atomic E-state index is -0.311. The first-order valence-electron chi connectivity index (χ1n) is 8.54. The van der Waals surface area contributed by atoms with Crippen molar-refractivity contribution in [3.05, 3.63) is 64.7 Å². The molecule has 132 valence electrons. The lowest BCUT2D eigenvalue weighted by molar-refractivity contribution is -0.133. The number of halogens is 1. The zero-order chi connectivity index (χ0) is 17.8. The van der Waals surface area contributed by atoms with Crippen molar-refractivity contribution in [3.63, 3.8) is 0 Å². The molecule has 2 aromatic rings. The van der Waals surface area contributed by atoms with Gasteiger partial charge in [-0.05, 0) is 42.2 Å². The Morgan fingerprint density at radius 2 is 1.88 bits per heavy atom. The standard InChI is InChI=1S/C20H22ClNO3/c21-19-7-2-1-6-17(19)18(14-4-3-5-16(24)12-14)13-20(25)22-10-8-15(23)9-11-22/h1-7,12,15,18,23-24H,8-11,13H2/t18-/m0/s1. The van der Waals surface area contributed by atoms with Crippen LogP contribution in [0, 0.1) is 0 Å². The molecule has 0 unspecified atom stereocenters. The van der Waals surface area contributed by atoms with Gasteiger partial charge in [-0.3, -0.25) is 4.79 Å². The van der Waals surface area contributed by atoms with Gasteiger partial charge in [-0.2, -0.15) is 0 Å². The maximum Gasteiger partial charge on any atom is 0.223 e. The number of aliphatic hydroxyl groups is 1. The van der Waals surface area contributed by atoms with Gasteiger partial charge in [0.2, 0.25) is 5.91 Å². The molecule has 0 aromatic heterocycles. The normalized spacial score (nSPS) is 16.6. The number of likely N-dealkylation sites (tertiary alicyclic amines) is 1. The second-order valence-corrected chi connectivity index (χ2v) is 6.89. The molecule has 1 atom stereocenters. The number of aromatic hydroxyl groups is 1. The van der Waals surface area contributed by atoms with Gasteiger partial charge in [0, 0.05) is 30.5 Å². The van der Waals surface area contributed by atoms with Gasteiger partial charge < -0.3 is 15.1 Å². The number of hydrogen-bond donors (Lipinski definition) is 2. The fourth-order valence-corrected chi connectivity index (χ4v) is 3.59. The van der Waals surface area contributed by atoms with Crippen LogP contribution in [-0.2, 0) is 4.79 Å². The molecule has 0 saturated carbocycles. The van der Waals surface area contributed by atoms with Gasteiger partial charge in [-0.15, -0.1) is 0 Å². The molecule has 2 N–H and O–H groups in total. The van der Waals surface area contributed by atoms with E-state index in [2.05, 4.69) is 0 Å². The summed E-state index contributed by atoms with van der Waals surface area (Å²) in [7, 11) is 0. The van der Waals surface area contributed by atoms with Crippen molar-refractivity contribution in [1.82, 2.24) is 4.90 Å². The number of aliphatic hydroxyl groups excluding tert-OH is 1. The number of rotatable bonds is 4. The molecule has 0 spiro atoms. The summed E-state index contributed by atoms with van der Waals surface area (Å²) in [5.74, 6) is -0.0107. The van der Waals surface area contributed by atoms with Crippen molar-refractivity contribution in [1.29, 1.82) is 0 Å². The van der Waals surface area contributed by atoms with Crippen molar-refractivity contribution in [2.24, 2.45) is 0 Å². The summed E-state index contributed by atoms with van der Waals surface area (Å²) in [5.41, 5.74) is 1.73.